The molecule has 0 aliphatic heterocycles. The van der Waals surface area contributed by atoms with Gasteiger partial charge in [-0.2, -0.15) is 0 Å². The summed E-state index contributed by atoms with van der Waals surface area (Å²) < 4.78 is 0. The third-order valence-corrected chi connectivity index (χ3v) is 3.11. The van der Waals surface area contributed by atoms with E-state index in [4.69, 9.17) is 0 Å². The largest absolute Gasteiger partial charge is 0.289 e. The van der Waals surface area contributed by atoms with E-state index in [1.807, 2.05) is 18.2 Å². The van der Waals surface area contributed by atoms with Gasteiger partial charge in [-0.3, -0.25) is 4.79 Å². The van der Waals surface area contributed by atoms with Crippen LogP contribution in [0.15, 0.2) is 36.4 Å². The normalized spacial score (nSPS) is 15.8. The molecule has 0 aromatic heterocycles. The van der Waals surface area contributed by atoms with Crippen molar-refractivity contribution < 1.29 is 4.79 Å². The number of hydrogen-bond acceptors (Lipinski definition) is 1. The molecule has 1 heteroatoms. The summed E-state index contributed by atoms with van der Waals surface area (Å²) in [6, 6.07) is 8.00. The highest BCUT2D eigenvalue weighted by atomic mass is 16.1. The first-order valence-electron chi connectivity index (χ1n) is 5.48. The van der Waals surface area contributed by atoms with Crippen LogP contribution in [-0.2, 0) is 0 Å². The number of Topliss-reactive ketones (excluding diaryl/α,β-unsaturated/α-hetero) is 1. The van der Waals surface area contributed by atoms with Crippen LogP contribution in [0.3, 0.4) is 0 Å². The van der Waals surface area contributed by atoms with Gasteiger partial charge in [0.05, 0.1) is 0 Å². The molecule has 1 aliphatic carbocycles. The van der Waals surface area contributed by atoms with Crippen LogP contribution in [0.25, 0.3) is 0 Å². The van der Waals surface area contributed by atoms with Crippen LogP contribution in [-0.4, -0.2) is 5.78 Å². The molecule has 0 atom stereocenters. The average molecular weight is 200 g/mol. The Hall–Kier alpha value is -1.37. The van der Waals surface area contributed by atoms with Crippen LogP contribution in [0.5, 0.6) is 0 Å². The van der Waals surface area contributed by atoms with Crippen LogP contribution in [0.2, 0.25) is 0 Å². The van der Waals surface area contributed by atoms with Crippen LogP contribution < -0.4 is 0 Å². The Kier molecular flexibility index (Phi) is 2.72. The van der Waals surface area contributed by atoms with Crippen LogP contribution >= 0.6 is 0 Å². The van der Waals surface area contributed by atoms with Crippen LogP contribution in [0.1, 0.15) is 48.0 Å². The predicted octanol–water partition coefficient (Wildman–Crippen LogP) is 3.71. The lowest BCUT2D eigenvalue weighted by Gasteiger charge is -2.26. The van der Waals surface area contributed by atoms with Gasteiger partial charge in [-0.15, -0.1) is 0 Å². The lowest BCUT2D eigenvalue weighted by atomic mass is 9.79. The molecule has 1 fully saturated rings. The molecular weight excluding hydrogens is 184 g/mol. The maximum atomic E-state index is 11.7. The van der Waals surface area contributed by atoms with Gasteiger partial charge in [-0.05, 0) is 42.9 Å². The van der Waals surface area contributed by atoms with Gasteiger partial charge >= 0.3 is 0 Å². The minimum atomic E-state index is 0.0659. The molecule has 0 unspecified atom stereocenters. The number of carbonyl (C=O) groups is 1. The maximum Gasteiger partial charge on any atom is 0.188 e. The van der Waals surface area contributed by atoms with Gasteiger partial charge in [0.25, 0.3) is 0 Å². The van der Waals surface area contributed by atoms with E-state index in [9.17, 15) is 4.79 Å². The summed E-state index contributed by atoms with van der Waals surface area (Å²) in [5.41, 5.74) is 2.71. The molecule has 78 valence electrons. The summed E-state index contributed by atoms with van der Waals surface area (Å²) in [4.78, 5) is 11.7. The minimum absolute atomic E-state index is 0.0659. The van der Waals surface area contributed by atoms with E-state index in [1.54, 1.807) is 6.92 Å². The van der Waals surface area contributed by atoms with Gasteiger partial charge in [0.1, 0.15) is 0 Å². The molecule has 0 N–H and O–H groups in total. The van der Waals surface area contributed by atoms with E-state index in [2.05, 4.69) is 12.6 Å². The van der Waals surface area contributed by atoms with Crippen molar-refractivity contribution in [3.63, 3.8) is 0 Å². The zero-order valence-corrected chi connectivity index (χ0v) is 9.12. The molecule has 1 aliphatic rings. The van der Waals surface area contributed by atoms with Gasteiger partial charge in [-0.1, -0.05) is 31.2 Å². The number of carbonyl (C=O) groups excluding carboxylic acids is 1. The second kappa shape index (κ2) is 4.01. The summed E-state index contributed by atoms with van der Waals surface area (Å²) in [7, 11) is 0. The second-order valence-electron chi connectivity index (χ2n) is 4.36. The summed E-state index contributed by atoms with van der Waals surface area (Å²) in [5, 5.41) is 0. The topological polar surface area (TPSA) is 17.1 Å². The van der Waals surface area contributed by atoms with Crippen molar-refractivity contribution in [3.8, 4) is 0 Å². The van der Waals surface area contributed by atoms with Gasteiger partial charge in [-0.25, -0.2) is 0 Å². The standard InChI is InChI=1S/C14H16O/c1-10(2)14(15)13-8-4-7-12(9-13)11-5-3-6-11/h4,7-9,11H,1,3,5-6H2,2H3. The number of allylic oxidation sites excluding steroid dienone is 1. The van der Waals surface area contributed by atoms with E-state index in [0.717, 1.165) is 5.56 Å². The fourth-order valence-corrected chi connectivity index (χ4v) is 1.92. The molecular formula is C14H16O. The Bertz CT molecular complexity index is 400. The quantitative estimate of drug-likeness (QED) is 0.537. The van der Waals surface area contributed by atoms with Gasteiger partial charge in [0.15, 0.2) is 5.78 Å². The minimum Gasteiger partial charge on any atom is -0.289 e. The SMILES string of the molecule is C=C(C)C(=O)c1cccc(C2CCC2)c1. The van der Waals surface area contributed by atoms with Gasteiger partial charge in [0.2, 0.25) is 0 Å². The molecule has 1 saturated carbocycles. The molecule has 1 aromatic carbocycles. The Morgan fingerprint density at radius 1 is 1.40 bits per heavy atom. The van der Waals surface area contributed by atoms with E-state index < -0.39 is 0 Å². The molecule has 1 aromatic rings. The monoisotopic (exact) mass is 200 g/mol. The zero-order valence-electron chi connectivity index (χ0n) is 9.12. The number of hydrogen-bond donors (Lipinski definition) is 0. The summed E-state index contributed by atoms with van der Waals surface area (Å²) in [6.07, 6.45) is 3.86. The third kappa shape index (κ3) is 2.01. The molecule has 0 heterocycles. The van der Waals surface area contributed by atoms with Crippen LogP contribution in [0, 0.1) is 0 Å². The van der Waals surface area contributed by atoms with Crippen molar-refractivity contribution in [2.75, 3.05) is 0 Å². The molecule has 15 heavy (non-hydrogen) atoms. The highest BCUT2D eigenvalue weighted by molar-refractivity contribution is 6.07. The third-order valence-electron chi connectivity index (χ3n) is 3.11. The van der Waals surface area contributed by atoms with E-state index in [1.165, 1.54) is 24.8 Å². The Morgan fingerprint density at radius 2 is 2.13 bits per heavy atom. The lowest BCUT2D eigenvalue weighted by Crippen LogP contribution is -2.10. The molecule has 0 radical (unpaired) electrons. The average Bonchev–Trinajstić information content (AvgIpc) is 2.14. The van der Waals surface area contributed by atoms with Gasteiger partial charge < -0.3 is 0 Å². The molecule has 2 rings (SSSR count). The molecule has 1 nitrogen and oxygen atoms in total. The van der Waals surface area contributed by atoms with Crippen molar-refractivity contribution in [1.82, 2.24) is 0 Å². The first kappa shape index (κ1) is 10.2. The molecule has 0 spiro atoms. The highest BCUT2D eigenvalue weighted by Gasteiger charge is 2.20. The van der Waals surface area contributed by atoms with Crippen molar-refractivity contribution in [2.45, 2.75) is 32.1 Å². The van der Waals surface area contributed by atoms with E-state index in [-0.39, 0.29) is 5.78 Å². The van der Waals surface area contributed by atoms with Crippen LogP contribution in [0.4, 0.5) is 0 Å². The van der Waals surface area contributed by atoms with Crippen molar-refractivity contribution in [1.29, 1.82) is 0 Å². The van der Waals surface area contributed by atoms with E-state index in [0.29, 0.717) is 11.5 Å². The van der Waals surface area contributed by atoms with E-state index >= 15 is 0 Å². The molecule has 0 amide bonds. The Morgan fingerprint density at radius 3 is 2.67 bits per heavy atom. The maximum absolute atomic E-state index is 11.7. The predicted molar refractivity (Wildman–Crippen MR) is 62.2 cm³/mol. The smallest absolute Gasteiger partial charge is 0.188 e. The highest BCUT2D eigenvalue weighted by Crippen LogP contribution is 2.36. The first-order valence-corrected chi connectivity index (χ1v) is 5.48. The second-order valence-corrected chi connectivity index (χ2v) is 4.36. The fraction of sp³-hybridized carbons (Fsp3) is 0.357. The molecule has 0 saturated heterocycles. The number of benzene rings is 1. The molecule has 0 bridgehead atoms. The Balaban J connectivity index is 2.25. The van der Waals surface area contributed by atoms with Crippen molar-refractivity contribution >= 4 is 5.78 Å². The first-order chi connectivity index (χ1) is 7.18. The summed E-state index contributed by atoms with van der Waals surface area (Å²) >= 11 is 0. The van der Waals surface area contributed by atoms with Crippen molar-refractivity contribution in [2.24, 2.45) is 0 Å². The lowest BCUT2D eigenvalue weighted by molar-refractivity contribution is 0.103. The summed E-state index contributed by atoms with van der Waals surface area (Å²) in [5.74, 6) is 0.749. The number of rotatable bonds is 3. The zero-order chi connectivity index (χ0) is 10.8. The number of ketones is 1. The van der Waals surface area contributed by atoms with Gasteiger partial charge in [0, 0.05) is 5.56 Å². The Labute approximate surface area is 90.8 Å². The summed E-state index contributed by atoms with van der Waals surface area (Å²) in [6.45, 7) is 5.45. The fourth-order valence-electron chi connectivity index (χ4n) is 1.92. The van der Waals surface area contributed by atoms with Crippen molar-refractivity contribution in [3.05, 3.63) is 47.5 Å².